The van der Waals surface area contributed by atoms with Crippen LogP contribution in [0.4, 0.5) is 0 Å². The first-order valence-electron chi connectivity index (χ1n) is 8.47. The molecule has 0 radical (unpaired) electrons. The van der Waals surface area contributed by atoms with Crippen molar-refractivity contribution in [3.05, 3.63) is 11.3 Å². The van der Waals surface area contributed by atoms with Crippen molar-refractivity contribution < 1.29 is 4.74 Å². The highest BCUT2D eigenvalue weighted by Crippen LogP contribution is 2.22. The molecule has 2 rings (SSSR count). The first kappa shape index (κ1) is 17.6. The van der Waals surface area contributed by atoms with Crippen molar-refractivity contribution in [3.63, 3.8) is 0 Å². The summed E-state index contributed by atoms with van der Waals surface area (Å²) in [5.41, 5.74) is 8.05. The van der Waals surface area contributed by atoms with Gasteiger partial charge in [-0.25, -0.2) is 9.67 Å². The van der Waals surface area contributed by atoms with Gasteiger partial charge in [-0.05, 0) is 32.4 Å². The minimum absolute atomic E-state index is 0.487. The van der Waals surface area contributed by atoms with Gasteiger partial charge in [-0.1, -0.05) is 13.8 Å². The van der Waals surface area contributed by atoms with Gasteiger partial charge in [-0.2, -0.15) is 5.10 Å². The third-order valence-electron chi connectivity index (χ3n) is 4.53. The molecule has 7 heteroatoms. The summed E-state index contributed by atoms with van der Waals surface area (Å²) >= 11 is 0. The third-order valence-corrected chi connectivity index (χ3v) is 4.53. The first-order chi connectivity index (χ1) is 11.1. The second-order valence-electron chi connectivity index (χ2n) is 5.92. The Labute approximate surface area is 138 Å². The number of nitrogens with two attached hydrogens (primary N) is 1. The summed E-state index contributed by atoms with van der Waals surface area (Å²) in [7, 11) is 3.54. The number of hydrogen-bond acceptors (Lipinski definition) is 4. The largest absolute Gasteiger partial charge is 0.481 e. The van der Waals surface area contributed by atoms with E-state index in [2.05, 4.69) is 34.2 Å². The molecule has 7 nitrogen and oxygen atoms in total. The average molecular weight is 322 g/mol. The molecule has 0 aliphatic carbocycles. The molecule has 1 saturated heterocycles. The Kier molecular flexibility index (Phi) is 6.27. The van der Waals surface area contributed by atoms with E-state index >= 15 is 0 Å². The van der Waals surface area contributed by atoms with Gasteiger partial charge in [0.05, 0.1) is 24.9 Å². The van der Waals surface area contributed by atoms with E-state index in [1.165, 1.54) is 19.4 Å². The number of aliphatic imine (C=N–C) groups is 1. The van der Waals surface area contributed by atoms with Gasteiger partial charge in [0.2, 0.25) is 5.88 Å². The Morgan fingerprint density at radius 2 is 2.26 bits per heavy atom. The van der Waals surface area contributed by atoms with Crippen molar-refractivity contribution in [1.82, 2.24) is 20.0 Å². The van der Waals surface area contributed by atoms with Crippen LogP contribution in [-0.4, -0.2) is 53.4 Å². The number of aryl methyl sites for hydroxylation is 2. The van der Waals surface area contributed by atoms with Crippen molar-refractivity contribution >= 4 is 5.96 Å². The van der Waals surface area contributed by atoms with Crippen LogP contribution in [0.5, 0.6) is 5.88 Å². The number of ether oxygens (including phenoxy) is 1. The number of methoxy groups -OCH3 is 1. The van der Waals surface area contributed by atoms with E-state index in [1.54, 1.807) is 11.8 Å². The van der Waals surface area contributed by atoms with Crippen LogP contribution in [0.3, 0.4) is 0 Å². The summed E-state index contributed by atoms with van der Waals surface area (Å²) in [5.74, 6) is 1.24. The lowest BCUT2D eigenvalue weighted by atomic mass is 10.2. The minimum atomic E-state index is 0.487. The molecule has 0 spiro atoms. The van der Waals surface area contributed by atoms with Crippen LogP contribution >= 0.6 is 0 Å². The normalized spacial score (nSPS) is 19.3. The maximum atomic E-state index is 6.03. The highest BCUT2D eigenvalue weighted by atomic mass is 16.5. The number of nitrogens with one attached hydrogen (secondary N) is 1. The van der Waals surface area contributed by atoms with Crippen LogP contribution in [0.15, 0.2) is 4.99 Å². The SMILES string of the molecule is CCc1nn(C)c(OC)c1CN=C(N)NCC1CCCN1CC. The molecule has 0 aromatic carbocycles. The monoisotopic (exact) mass is 322 g/mol. The number of nitrogens with zero attached hydrogens (tertiary/aromatic N) is 4. The second kappa shape index (κ2) is 8.19. The molecular weight excluding hydrogens is 292 g/mol. The van der Waals surface area contributed by atoms with Gasteiger partial charge >= 0.3 is 0 Å². The Morgan fingerprint density at radius 3 is 2.91 bits per heavy atom. The predicted octanol–water partition coefficient (Wildman–Crippen LogP) is 0.880. The third kappa shape index (κ3) is 4.16. The zero-order chi connectivity index (χ0) is 16.8. The fraction of sp³-hybridized carbons (Fsp3) is 0.750. The van der Waals surface area contributed by atoms with Gasteiger partial charge in [0, 0.05) is 19.6 Å². The number of hydrogen-bond donors (Lipinski definition) is 2. The maximum Gasteiger partial charge on any atom is 0.216 e. The minimum Gasteiger partial charge on any atom is -0.481 e. The first-order valence-corrected chi connectivity index (χ1v) is 8.47. The van der Waals surface area contributed by atoms with Gasteiger partial charge in [0.1, 0.15) is 0 Å². The van der Waals surface area contributed by atoms with Crippen molar-refractivity contribution in [2.24, 2.45) is 17.8 Å². The zero-order valence-electron chi connectivity index (χ0n) is 14.8. The topological polar surface area (TPSA) is 80.7 Å². The van der Waals surface area contributed by atoms with Gasteiger partial charge in [0.25, 0.3) is 0 Å². The molecule has 1 unspecified atom stereocenters. The van der Waals surface area contributed by atoms with E-state index in [1.807, 2.05) is 7.05 Å². The van der Waals surface area contributed by atoms with Crippen LogP contribution in [0.1, 0.15) is 37.9 Å². The lowest BCUT2D eigenvalue weighted by molar-refractivity contribution is 0.267. The van der Waals surface area contributed by atoms with E-state index in [9.17, 15) is 0 Å². The Balaban J connectivity index is 1.94. The highest BCUT2D eigenvalue weighted by Gasteiger charge is 2.22. The Bertz CT molecular complexity index is 539. The molecule has 3 N–H and O–H groups in total. The summed E-state index contributed by atoms with van der Waals surface area (Å²) in [6.45, 7) is 7.91. The molecule has 0 bridgehead atoms. The number of likely N-dealkylation sites (tertiary alicyclic amines) is 1. The van der Waals surface area contributed by atoms with Crippen molar-refractivity contribution in [1.29, 1.82) is 0 Å². The quantitative estimate of drug-likeness (QED) is 0.575. The molecule has 1 aliphatic heterocycles. The standard InChI is InChI=1S/C16H30N6O/c1-5-14-13(15(23-4)21(3)20-14)11-19-16(17)18-10-12-8-7-9-22(12)6-2/h12H,5-11H2,1-4H3,(H3,17,18,19). The zero-order valence-corrected chi connectivity index (χ0v) is 14.8. The Morgan fingerprint density at radius 1 is 1.48 bits per heavy atom. The molecule has 1 fully saturated rings. The molecule has 1 aromatic heterocycles. The van der Waals surface area contributed by atoms with Crippen LogP contribution < -0.4 is 15.8 Å². The van der Waals surface area contributed by atoms with Gasteiger partial charge in [-0.3, -0.25) is 4.90 Å². The number of guanidine groups is 1. The fourth-order valence-electron chi connectivity index (χ4n) is 3.29. The molecule has 1 aromatic rings. The van der Waals surface area contributed by atoms with Crippen LogP contribution in [0, 0.1) is 0 Å². The van der Waals surface area contributed by atoms with E-state index in [-0.39, 0.29) is 0 Å². The smallest absolute Gasteiger partial charge is 0.216 e. The van der Waals surface area contributed by atoms with E-state index < -0.39 is 0 Å². The number of likely N-dealkylation sites (N-methyl/N-ethyl adjacent to an activating group) is 1. The molecule has 130 valence electrons. The molecule has 0 amide bonds. The summed E-state index contributed by atoms with van der Waals surface area (Å²) in [4.78, 5) is 6.95. The van der Waals surface area contributed by atoms with Gasteiger partial charge < -0.3 is 15.8 Å². The summed E-state index contributed by atoms with van der Waals surface area (Å²) in [6, 6.07) is 0.563. The van der Waals surface area contributed by atoms with E-state index in [0.29, 0.717) is 18.5 Å². The van der Waals surface area contributed by atoms with Crippen molar-refractivity contribution in [2.75, 3.05) is 26.7 Å². The molecule has 0 saturated carbocycles. The summed E-state index contributed by atoms with van der Waals surface area (Å²) in [5, 5.41) is 7.72. The Hall–Kier alpha value is -1.76. The lowest BCUT2D eigenvalue weighted by Crippen LogP contribution is -2.42. The van der Waals surface area contributed by atoms with Gasteiger partial charge in [0.15, 0.2) is 5.96 Å². The summed E-state index contributed by atoms with van der Waals surface area (Å²) < 4.78 is 7.18. The summed E-state index contributed by atoms with van der Waals surface area (Å²) in [6.07, 6.45) is 3.34. The van der Waals surface area contributed by atoms with Crippen LogP contribution in [0.2, 0.25) is 0 Å². The molecule has 23 heavy (non-hydrogen) atoms. The lowest BCUT2D eigenvalue weighted by Gasteiger charge is -2.23. The van der Waals surface area contributed by atoms with Crippen LogP contribution in [-0.2, 0) is 20.0 Å². The van der Waals surface area contributed by atoms with E-state index in [4.69, 9.17) is 10.5 Å². The van der Waals surface area contributed by atoms with Crippen LogP contribution in [0.25, 0.3) is 0 Å². The van der Waals surface area contributed by atoms with Crippen molar-refractivity contribution in [2.45, 2.75) is 45.7 Å². The highest BCUT2D eigenvalue weighted by molar-refractivity contribution is 5.77. The second-order valence-corrected chi connectivity index (χ2v) is 5.92. The fourth-order valence-corrected chi connectivity index (χ4v) is 3.29. The molecule has 2 heterocycles. The van der Waals surface area contributed by atoms with Crippen molar-refractivity contribution in [3.8, 4) is 5.88 Å². The predicted molar refractivity (Wildman–Crippen MR) is 92.7 cm³/mol. The molecule has 1 atom stereocenters. The number of aromatic nitrogens is 2. The van der Waals surface area contributed by atoms with Gasteiger partial charge in [-0.15, -0.1) is 0 Å². The molecular formula is C16H30N6O. The molecule has 1 aliphatic rings. The van der Waals surface area contributed by atoms with E-state index in [0.717, 1.165) is 36.6 Å². The maximum absolute atomic E-state index is 6.03. The average Bonchev–Trinajstić information content (AvgIpc) is 3.13. The number of rotatable bonds is 7.